The lowest BCUT2D eigenvalue weighted by atomic mass is 10.4. The zero-order valence-electron chi connectivity index (χ0n) is 7.13. The second-order valence-corrected chi connectivity index (χ2v) is 3.55. The first-order valence-electron chi connectivity index (χ1n) is 3.88. The Hall–Kier alpha value is -0.850. The number of hydrogen-bond acceptors (Lipinski definition) is 3. The quantitative estimate of drug-likeness (QED) is 0.562. The molecular formula is C9H12N2S. The van der Waals surface area contributed by atoms with Crippen molar-refractivity contribution in [3.63, 3.8) is 0 Å². The maximum Gasteiger partial charge on any atom is 0.0897 e. The van der Waals surface area contributed by atoms with Crippen LogP contribution >= 0.6 is 11.3 Å². The number of aryl methyl sites for hydroxylation is 1. The maximum absolute atomic E-state index is 5.11. The smallest absolute Gasteiger partial charge is 0.0897 e. The summed E-state index contributed by atoms with van der Waals surface area (Å²) in [7, 11) is 0. The molecule has 0 bridgehead atoms. The number of nitrogens with zero attached hydrogens (tertiary/aromatic N) is 1. The Morgan fingerprint density at radius 1 is 1.75 bits per heavy atom. The van der Waals surface area contributed by atoms with E-state index in [1.807, 2.05) is 6.92 Å². The van der Waals surface area contributed by atoms with Crippen LogP contribution in [0, 0.1) is 19.3 Å². The third-order valence-corrected chi connectivity index (χ3v) is 2.24. The highest BCUT2D eigenvalue weighted by Gasteiger charge is 1.95. The summed E-state index contributed by atoms with van der Waals surface area (Å²) in [6.07, 6.45) is 5.89. The second kappa shape index (κ2) is 4.91. The lowest BCUT2D eigenvalue weighted by Gasteiger charge is -1.97. The van der Waals surface area contributed by atoms with Gasteiger partial charge in [-0.3, -0.25) is 0 Å². The van der Waals surface area contributed by atoms with Gasteiger partial charge in [0.1, 0.15) is 0 Å². The Labute approximate surface area is 77.0 Å². The average molecular weight is 180 g/mol. The summed E-state index contributed by atoms with van der Waals surface area (Å²) in [5.41, 5.74) is 1.11. The molecule has 0 aliphatic carbocycles. The molecule has 0 aromatic carbocycles. The summed E-state index contributed by atoms with van der Waals surface area (Å²) in [5, 5.41) is 6.40. The van der Waals surface area contributed by atoms with Gasteiger partial charge in [-0.1, -0.05) is 0 Å². The fourth-order valence-electron chi connectivity index (χ4n) is 0.866. The van der Waals surface area contributed by atoms with Crippen molar-refractivity contribution in [2.75, 3.05) is 6.54 Å². The van der Waals surface area contributed by atoms with E-state index in [1.54, 1.807) is 11.3 Å². The van der Waals surface area contributed by atoms with Gasteiger partial charge in [-0.25, -0.2) is 4.98 Å². The van der Waals surface area contributed by atoms with E-state index in [-0.39, 0.29) is 0 Å². The Morgan fingerprint density at radius 3 is 3.17 bits per heavy atom. The Balaban J connectivity index is 2.21. The van der Waals surface area contributed by atoms with Gasteiger partial charge >= 0.3 is 0 Å². The summed E-state index contributed by atoms with van der Waals surface area (Å²) in [6.45, 7) is 3.70. The summed E-state index contributed by atoms with van der Waals surface area (Å²) in [6, 6.07) is 0. The molecule has 1 aromatic rings. The van der Waals surface area contributed by atoms with Crippen molar-refractivity contribution in [2.24, 2.45) is 0 Å². The molecule has 1 rings (SSSR count). The van der Waals surface area contributed by atoms with Crippen molar-refractivity contribution >= 4 is 11.3 Å². The minimum atomic E-state index is 0.781. The average Bonchev–Trinajstić information content (AvgIpc) is 2.45. The molecule has 0 saturated heterocycles. The molecule has 3 heteroatoms. The molecule has 0 aliphatic heterocycles. The molecule has 2 nitrogen and oxygen atoms in total. The van der Waals surface area contributed by atoms with Crippen molar-refractivity contribution in [1.82, 2.24) is 10.3 Å². The van der Waals surface area contributed by atoms with Gasteiger partial charge in [-0.15, -0.1) is 23.7 Å². The minimum Gasteiger partial charge on any atom is -0.310 e. The van der Waals surface area contributed by atoms with E-state index in [9.17, 15) is 0 Å². The predicted octanol–water partition coefficient (Wildman–Crippen LogP) is 1.56. The van der Waals surface area contributed by atoms with E-state index in [1.165, 1.54) is 0 Å². The van der Waals surface area contributed by atoms with Crippen LogP contribution in [0.1, 0.15) is 17.1 Å². The van der Waals surface area contributed by atoms with Gasteiger partial charge in [-0.05, 0) is 6.92 Å². The number of rotatable bonds is 4. The van der Waals surface area contributed by atoms with E-state index in [2.05, 4.69) is 21.6 Å². The molecule has 1 N–H and O–H groups in total. The molecule has 0 fully saturated rings. The summed E-state index contributed by atoms with van der Waals surface area (Å²) in [4.78, 5) is 4.31. The molecule has 64 valence electrons. The van der Waals surface area contributed by atoms with Crippen molar-refractivity contribution in [1.29, 1.82) is 0 Å². The molecule has 0 atom stereocenters. The highest BCUT2D eigenvalue weighted by atomic mass is 32.1. The normalized spacial score (nSPS) is 9.67. The predicted molar refractivity (Wildman–Crippen MR) is 52.0 cm³/mol. The van der Waals surface area contributed by atoms with Crippen LogP contribution in [0.4, 0.5) is 0 Å². The van der Waals surface area contributed by atoms with Crippen molar-refractivity contribution in [3.8, 4) is 12.3 Å². The van der Waals surface area contributed by atoms with Crippen molar-refractivity contribution in [2.45, 2.75) is 19.9 Å². The summed E-state index contributed by atoms with van der Waals surface area (Å²) >= 11 is 1.68. The molecule has 12 heavy (non-hydrogen) atoms. The zero-order chi connectivity index (χ0) is 8.81. The highest BCUT2D eigenvalue weighted by Crippen LogP contribution is 2.06. The standard InChI is InChI=1S/C9H12N2S/c1-3-4-5-10-6-9-7-12-8(2)11-9/h1,7,10H,4-6H2,2H3. The van der Waals surface area contributed by atoms with Crippen LogP contribution in [0.25, 0.3) is 0 Å². The van der Waals surface area contributed by atoms with Crippen LogP contribution in [-0.4, -0.2) is 11.5 Å². The summed E-state index contributed by atoms with van der Waals surface area (Å²) < 4.78 is 0. The first-order valence-corrected chi connectivity index (χ1v) is 4.76. The van der Waals surface area contributed by atoms with Gasteiger partial charge in [0, 0.05) is 24.9 Å². The molecule has 0 aliphatic rings. The molecule has 0 saturated carbocycles. The third-order valence-electron chi connectivity index (χ3n) is 1.42. The van der Waals surface area contributed by atoms with Gasteiger partial charge in [-0.2, -0.15) is 0 Å². The number of thiazole rings is 1. The fraction of sp³-hybridized carbons (Fsp3) is 0.444. The monoisotopic (exact) mass is 180 g/mol. The van der Waals surface area contributed by atoms with Gasteiger partial charge in [0.15, 0.2) is 0 Å². The number of terminal acetylenes is 1. The second-order valence-electron chi connectivity index (χ2n) is 2.49. The van der Waals surface area contributed by atoms with Crippen molar-refractivity contribution in [3.05, 3.63) is 16.1 Å². The first-order chi connectivity index (χ1) is 5.83. The van der Waals surface area contributed by atoms with Gasteiger partial charge in [0.2, 0.25) is 0 Å². The zero-order valence-corrected chi connectivity index (χ0v) is 7.95. The van der Waals surface area contributed by atoms with Crippen LogP contribution in [0.15, 0.2) is 5.38 Å². The molecule has 1 aromatic heterocycles. The fourth-order valence-corrected chi connectivity index (χ4v) is 1.48. The number of aromatic nitrogens is 1. The SMILES string of the molecule is C#CCCNCc1csc(C)n1. The van der Waals surface area contributed by atoms with E-state index in [0.29, 0.717) is 0 Å². The van der Waals surface area contributed by atoms with Crippen LogP contribution in [-0.2, 0) is 6.54 Å². The topological polar surface area (TPSA) is 24.9 Å². The minimum absolute atomic E-state index is 0.781. The number of nitrogens with one attached hydrogen (secondary N) is 1. The van der Waals surface area contributed by atoms with Gasteiger partial charge in [0.05, 0.1) is 10.7 Å². The first kappa shape index (κ1) is 9.24. The molecule has 0 amide bonds. The van der Waals surface area contributed by atoms with E-state index in [4.69, 9.17) is 6.42 Å². The number of hydrogen-bond donors (Lipinski definition) is 1. The summed E-state index contributed by atoms with van der Waals surface area (Å²) in [5.74, 6) is 2.58. The van der Waals surface area contributed by atoms with Crippen molar-refractivity contribution < 1.29 is 0 Å². The van der Waals surface area contributed by atoms with Gasteiger partial charge in [0.25, 0.3) is 0 Å². The van der Waals surface area contributed by atoms with E-state index < -0.39 is 0 Å². The largest absolute Gasteiger partial charge is 0.310 e. The van der Waals surface area contributed by atoms with E-state index in [0.717, 1.165) is 30.2 Å². The lowest BCUT2D eigenvalue weighted by molar-refractivity contribution is 0.690. The lowest BCUT2D eigenvalue weighted by Crippen LogP contribution is -2.14. The van der Waals surface area contributed by atoms with Crippen LogP contribution < -0.4 is 5.32 Å². The van der Waals surface area contributed by atoms with Crippen LogP contribution in [0.5, 0.6) is 0 Å². The molecule has 0 radical (unpaired) electrons. The molecule has 0 unspecified atom stereocenters. The Kier molecular flexibility index (Phi) is 3.78. The third kappa shape index (κ3) is 3.04. The molecule has 1 heterocycles. The Morgan fingerprint density at radius 2 is 2.58 bits per heavy atom. The highest BCUT2D eigenvalue weighted by molar-refractivity contribution is 7.09. The van der Waals surface area contributed by atoms with Crippen LogP contribution in [0.2, 0.25) is 0 Å². The van der Waals surface area contributed by atoms with Gasteiger partial charge < -0.3 is 5.32 Å². The molecule has 0 spiro atoms. The van der Waals surface area contributed by atoms with Crippen LogP contribution in [0.3, 0.4) is 0 Å². The maximum atomic E-state index is 5.11. The molecular weight excluding hydrogens is 168 g/mol. The Bertz CT molecular complexity index is 272. The van der Waals surface area contributed by atoms with E-state index >= 15 is 0 Å².